The summed E-state index contributed by atoms with van der Waals surface area (Å²) in [4.78, 5) is 2.47. The Labute approximate surface area is 141 Å². The van der Waals surface area contributed by atoms with E-state index in [0.29, 0.717) is 11.7 Å². The first-order chi connectivity index (χ1) is 11.8. The summed E-state index contributed by atoms with van der Waals surface area (Å²) < 4.78 is 1.44. The minimum absolute atomic E-state index is 0.397. The van der Waals surface area contributed by atoms with E-state index < -0.39 is 0 Å². The van der Waals surface area contributed by atoms with Gasteiger partial charge in [0, 0.05) is 12.6 Å². The molecule has 1 unspecified atom stereocenters. The number of nitrogens with one attached hydrogen (secondary N) is 1. The number of hydrogen-bond acceptors (Lipinski definition) is 6. The van der Waals surface area contributed by atoms with Gasteiger partial charge in [-0.05, 0) is 47.6 Å². The maximum absolute atomic E-state index is 4.38. The predicted molar refractivity (Wildman–Crippen MR) is 93.9 cm³/mol. The highest BCUT2D eigenvalue weighted by molar-refractivity contribution is 5.42. The number of benzene rings is 1. The van der Waals surface area contributed by atoms with Gasteiger partial charge in [0.25, 0.3) is 0 Å². The number of likely N-dealkylation sites (N-methyl/N-ethyl adjacent to an activating group) is 1. The van der Waals surface area contributed by atoms with Gasteiger partial charge in [0.05, 0.1) is 0 Å². The van der Waals surface area contributed by atoms with E-state index in [4.69, 9.17) is 0 Å². The van der Waals surface area contributed by atoms with Gasteiger partial charge in [-0.2, -0.15) is 0 Å². The highest BCUT2D eigenvalue weighted by atomic mass is 15.6. The normalized spacial score (nSPS) is 12.6. The molecule has 1 aromatic carbocycles. The van der Waals surface area contributed by atoms with Crippen molar-refractivity contribution in [2.45, 2.75) is 26.3 Å². The quantitative estimate of drug-likeness (QED) is 0.682. The Kier molecular flexibility index (Phi) is 5.32. The van der Waals surface area contributed by atoms with Gasteiger partial charge < -0.3 is 5.32 Å². The van der Waals surface area contributed by atoms with Crippen LogP contribution in [0.3, 0.4) is 0 Å². The first kappa shape index (κ1) is 16.3. The van der Waals surface area contributed by atoms with Crippen LogP contribution in [0.5, 0.6) is 0 Å². The molecule has 7 heteroatoms. The Morgan fingerprint density at radius 3 is 2.62 bits per heavy atom. The number of rotatable bonds is 8. The largest absolute Gasteiger partial charge is 0.367 e. The van der Waals surface area contributed by atoms with Crippen LogP contribution in [0.4, 0.5) is 5.82 Å². The van der Waals surface area contributed by atoms with Crippen molar-refractivity contribution in [3.05, 3.63) is 48.0 Å². The second kappa shape index (κ2) is 7.83. The molecule has 0 aliphatic carbocycles. The molecule has 0 aliphatic rings. The number of fused-ring (bicyclic) bond motifs is 1. The molecule has 0 bridgehead atoms. The third-order valence-electron chi connectivity index (χ3n) is 4.23. The summed E-state index contributed by atoms with van der Waals surface area (Å²) in [6.07, 6.45) is 1.00. The first-order valence-electron chi connectivity index (χ1n) is 8.37. The molecule has 0 aliphatic heterocycles. The molecule has 0 saturated heterocycles. The van der Waals surface area contributed by atoms with Crippen LogP contribution in [0, 0.1) is 0 Å². The van der Waals surface area contributed by atoms with E-state index in [1.54, 1.807) is 0 Å². The van der Waals surface area contributed by atoms with Crippen molar-refractivity contribution in [3.63, 3.8) is 0 Å². The van der Waals surface area contributed by atoms with Crippen molar-refractivity contribution in [2.75, 3.05) is 25.0 Å². The van der Waals surface area contributed by atoms with Gasteiger partial charge in [-0.1, -0.05) is 44.2 Å². The lowest BCUT2D eigenvalue weighted by Crippen LogP contribution is -2.41. The zero-order valence-corrected chi connectivity index (χ0v) is 14.1. The Morgan fingerprint density at radius 2 is 1.88 bits per heavy atom. The van der Waals surface area contributed by atoms with E-state index >= 15 is 0 Å². The molecule has 1 atom stereocenters. The van der Waals surface area contributed by atoms with Gasteiger partial charge in [-0.15, -0.1) is 14.8 Å². The van der Waals surface area contributed by atoms with E-state index in [1.807, 2.05) is 12.1 Å². The smallest absolute Gasteiger partial charge is 0.200 e. The third kappa shape index (κ3) is 3.86. The molecule has 3 aromatic rings. The van der Waals surface area contributed by atoms with Crippen LogP contribution in [0.15, 0.2) is 42.5 Å². The maximum Gasteiger partial charge on any atom is 0.200 e. The van der Waals surface area contributed by atoms with Crippen molar-refractivity contribution < 1.29 is 0 Å². The number of anilines is 1. The van der Waals surface area contributed by atoms with Crippen LogP contribution in [0.25, 0.3) is 5.65 Å². The molecule has 2 heterocycles. The van der Waals surface area contributed by atoms with Crippen LogP contribution in [0.2, 0.25) is 0 Å². The maximum atomic E-state index is 4.38. The Hall–Kier alpha value is -2.54. The molecule has 7 nitrogen and oxygen atoms in total. The molecule has 2 aromatic heterocycles. The van der Waals surface area contributed by atoms with Crippen LogP contribution >= 0.6 is 0 Å². The topological polar surface area (TPSA) is 71.2 Å². The van der Waals surface area contributed by atoms with Crippen LogP contribution in [-0.4, -0.2) is 55.8 Å². The van der Waals surface area contributed by atoms with Gasteiger partial charge >= 0.3 is 0 Å². The summed E-state index contributed by atoms with van der Waals surface area (Å²) in [6, 6.07) is 14.8. The lowest BCUT2D eigenvalue weighted by atomic mass is 10.0. The number of hydrogen-bond donors (Lipinski definition) is 1. The van der Waals surface area contributed by atoms with Crippen LogP contribution in [-0.2, 0) is 6.42 Å². The average Bonchev–Trinajstić information content (AvgIpc) is 3.09. The molecule has 1 N–H and O–H groups in total. The van der Waals surface area contributed by atoms with Crippen molar-refractivity contribution in [3.8, 4) is 0 Å². The zero-order chi connectivity index (χ0) is 16.8. The highest BCUT2D eigenvalue weighted by Gasteiger charge is 2.16. The van der Waals surface area contributed by atoms with Crippen molar-refractivity contribution in [2.24, 2.45) is 0 Å². The summed E-state index contributed by atoms with van der Waals surface area (Å²) >= 11 is 0. The van der Waals surface area contributed by atoms with Gasteiger partial charge in [-0.3, -0.25) is 4.90 Å². The first-order valence-corrected chi connectivity index (χ1v) is 8.37. The van der Waals surface area contributed by atoms with Crippen LogP contribution < -0.4 is 5.32 Å². The Morgan fingerprint density at radius 1 is 1.08 bits per heavy atom. The van der Waals surface area contributed by atoms with E-state index in [-0.39, 0.29) is 0 Å². The van der Waals surface area contributed by atoms with E-state index in [0.717, 1.165) is 31.9 Å². The minimum atomic E-state index is 0.397. The van der Waals surface area contributed by atoms with Gasteiger partial charge in [0.2, 0.25) is 0 Å². The highest BCUT2D eigenvalue weighted by Crippen LogP contribution is 2.11. The molecule has 126 valence electrons. The standard InChI is InChI=1S/C17H23N7/c1-3-23(4-2)15(12-14-8-6-5-7-9-14)13-18-16-10-11-17-19-21-22-24(17)20-16/h5-11,15H,3-4,12-13H2,1-2H3,(H,18,20). The summed E-state index contributed by atoms with van der Waals surface area (Å²) in [5.41, 5.74) is 1.99. The van der Waals surface area contributed by atoms with Crippen molar-refractivity contribution in [1.82, 2.24) is 30.2 Å². The molecule has 0 fully saturated rings. The fraction of sp³-hybridized carbons (Fsp3) is 0.412. The number of tetrazole rings is 1. The van der Waals surface area contributed by atoms with Gasteiger partial charge in [0.1, 0.15) is 5.82 Å². The van der Waals surface area contributed by atoms with Crippen molar-refractivity contribution in [1.29, 1.82) is 0 Å². The summed E-state index contributed by atoms with van der Waals surface area (Å²) in [6.45, 7) is 7.27. The second-order valence-corrected chi connectivity index (χ2v) is 5.69. The summed E-state index contributed by atoms with van der Waals surface area (Å²) in [7, 11) is 0. The third-order valence-corrected chi connectivity index (χ3v) is 4.23. The lowest BCUT2D eigenvalue weighted by Gasteiger charge is -2.30. The van der Waals surface area contributed by atoms with E-state index in [2.05, 4.69) is 75.0 Å². The SMILES string of the molecule is CCN(CC)C(CNc1ccc2nnnn2n1)Cc1ccccc1. The molecule has 0 amide bonds. The lowest BCUT2D eigenvalue weighted by molar-refractivity contribution is 0.224. The number of aromatic nitrogens is 5. The van der Waals surface area contributed by atoms with Gasteiger partial charge in [-0.25, -0.2) is 0 Å². The molecular formula is C17H23N7. The molecule has 0 saturated carbocycles. The van der Waals surface area contributed by atoms with Crippen LogP contribution in [0.1, 0.15) is 19.4 Å². The molecule has 0 radical (unpaired) electrons. The average molecular weight is 325 g/mol. The monoisotopic (exact) mass is 325 g/mol. The fourth-order valence-electron chi connectivity index (χ4n) is 2.92. The van der Waals surface area contributed by atoms with Gasteiger partial charge in [0.15, 0.2) is 5.65 Å². The number of nitrogens with zero attached hydrogens (tertiary/aromatic N) is 6. The molecule has 24 heavy (non-hydrogen) atoms. The molecule has 3 rings (SSSR count). The zero-order valence-electron chi connectivity index (χ0n) is 14.1. The minimum Gasteiger partial charge on any atom is -0.367 e. The second-order valence-electron chi connectivity index (χ2n) is 5.69. The summed E-state index contributed by atoms with van der Waals surface area (Å²) in [5.74, 6) is 0.778. The predicted octanol–water partition coefficient (Wildman–Crippen LogP) is 1.88. The van der Waals surface area contributed by atoms with E-state index in [9.17, 15) is 0 Å². The molecular weight excluding hydrogens is 302 g/mol. The summed E-state index contributed by atoms with van der Waals surface area (Å²) in [5, 5.41) is 19.1. The van der Waals surface area contributed by atoms with E-state index in [1.165, 1.54) is 10.2 Å². The molecule has 0 spiro atoms. The van der Waals surface area contributed by atoms with Crippen molar-refractivity contribution >= 4 is 11.5 Å². The fourth-order valence-corrected chi connectivity index (χ4v) is 2.92. The Bertz CT molecular complexity index is 752. The Balaban J connectivity index is 1.70.